The van der Waals surface area contributed by atoms with Crippen molar-refractivity contribution in [3.63, 3.8) is 0 Å². The second-order valence-electron chi connectivity index (χ2n) is 12.1. The molecule has 0 aliphatic carbocycles. The number of halogens is 6. The molecule has 14 heteroatoms. The van der Waals surface area contributed by atoms with Gasteiger partial charge in [0.15, 0.2) is 0 Å². The zero-order chi connectivity index (χ0) is 33.7. The van der Waals surface area contributed by atoms with E-state index in [4.69, 9.17) is 19.7 Å². The molecule has 0 aliphatic rings. The molecule has 0 radical (unpaired) electrons. The number of ether oxygens (including phenoxy) is 2. The zero-order valence-corrected chi connectivity index (χ0v) is 25.6. The summed E-state index contributed by atoms with van der Waals surface area (Å²) in [7, 11) is 0. The van der Waals surface area contributed by atoms with E-state index in [2.05, 4.69) is 0 Å². The molecule has 0 rings (SSSR count). The average molecular weight is 625 g/mol. The Labute approximate surface area is 243 Å². The predicted molar refractivity (Wildman–Crippen MR) is 141 cm³/mol. The molecule has 2 N–H and O–H groups in total. The second-order valence-corrected chi connectivity index (χ2v) is 12.1. The fraction of sp³-hybridized carbons (Fsp3) is 0.857. The van der Waals surface area contributed by atoms with Crippen LogP contribution in [0, 0.1) is 23.7 Å². The molecule has 0 unspecified atom stereocenters. The molecule has 42 heavy (non-hydrogen) atoms. The van der Waals surface area contributed by atoms with Crippen molar-refractivity contribution in [1.82, 2.24) is 0 Å². The number of carbonyl (C=O) groups excluding carboxylic acids is 2. The summed E-state index contributed by atoms with van der Waals surface area (Å²) in [6, 6.07) is 0. The maximum atomic E-state index is 12.4. The third-order valence-electron chi connectivity index (χ3n) is 5.70. The maximum Gasteiger partial charge on any atom is 0.389 e. The molecule has 248 valence electrons. The summed E-state index contributed by atoms with van der Waals surface area (Å²) in [6.07, 6.45) is -11.2. The number of esters is 2. The molecule has 0 saturated heterocycles. The third kappa shape index (κ3) is 20.4. The number of alkyl halides is 6. The van der Waals surface area contributed by atoms with Gasteiger partial charge in [0.25, 0.3) is 0 Å². The summed E-state index contributed by atoms with van der Waals surface area (Å²) < 4.78 is 84.4. The lowest BCUT2D eigenvalue weighted by Gasteiger charge is -2.27. The van der Waals surface area contributed by atoms with E-state index < -0.39 is 96.8 Å². The predicted octanol–water partition coefficient (Wildman–Crippen LogP) is 7.58. The molecular weight excluding hydrogens is 578 g/mol. The Morgan fingerprint density at radius 3 is 0.976 bits per heavy atom. The summed E-state index contributed by atoms with van der Waals surface area (Å²) in [5.41, 5.74) is -1.74. The highest BCUT2D eigenvalue weighted by atomic mass is 19.4. The first-order valence-electron chi connectivity index (χ1n) is 13.8. The SMILES string of the molecule is CCC[C@@H](C(=O)O)[C@@H](CCC(F)(F)F)C(=O)OC(C)(C)C.CCC[C@@H](C(=O)O)[C@H](CCC(F)(F)F)C(=O)OC(C)(C)C. The first-order chi connectivity index (χ1) is 18.7. The molecule has 0 amide bonds. The highest BCUT2D eigenvalue weighted by Gasteiger charge is 2.40. The van der Waals surface area contributed by atoms with Crippen molar-refractivity contribution in [2.75, 3.05) is 0 Å². The Morgan fingerprint density at radius 2 is 0.810 bits per heavy atom. The van der Waals surface area contributed by atoms with Gasteiger partial charge in [-0.3, -0.25) is 19.2 Å². The average Bonchev–Trinajstić information content (AvgIpc) is 2.74. The number of hydrogen-bond acceptors (Lipinski definition) is 6. The minimum Gasteiger partial charge on any atom is -0.481 e. The fourth-order valence-electron chi connectivity index (χ4n) is 3.98. The van der Waals surface area contributed by atoms with Crippen molar-refractivity contribution in [3.8, 4) is 0 Å². The van der Waals surface area contributed by atoms with E-state index in [1.165, 1.54) is 0 Å². The number of carboxylic acids is 2. The summed E-state index contributed by atoms with van der Waals surface area (Å²) in [4.78, 5) is 46.6. The molecule has 0 heterocycles. The molecule has 0 aliphatic heterocycles. The third-order valence-corrected chi connectivity index (χ3v) is 5.70. The van der Waals surface area contributed by atoms with E-state index in [0.717, 1.165) is 0 Å². The van der Waals surface area contributed by atoms with Gasteiger partial charge in [-0.1, -0.05) is 26.7 Å². The number of aliphatic carboxylic acids is 2. The van der Waals surface area contributed by atoms with Crippen LogP contribution in [0.2, 0.25) is 0 Å². The van der Waals surface area contributed by atoms with Gasteiger partial charge in [0.05, 0.1) is 23.7 Å². The van der Waals surface area contributed by atoms with Crippen LogP contribution in [0.4, 0.5) is 26.3 Å². The molecule has 0 fully saturated rings. The van der Waals surface area contributed by atoms with Gasteiger partial charge in [0.2, 0.25) is 0 Å². The van der Waals surface area contributed by atoms with Gasteiger partial charge in [-0.25, -0.2) is 0 Å². The Hall–Kier alpha value is -2.54. The molecule has 0 aromatic carbocycles. The van der Waals surface area contributed by atoms with E-state index >= 15 is 0 Å². The molecule has 0 bridgehead atoms. The first-order valence-corrected chi connectivity index (χ1v) is 13.8. The summed E-state index contributed by atoms with van der Waals surface area (Å²) >= 11 is 0. The topological polar surface area (TPSA) is 127 Å². The molecule has 0 spiro atoms. The first kappa shape index (κ1) is 41.6. The van der Waals surface area contributed by atoms with Crippen molar-refractivity contribution < 1.29 is 65.2 Å². The standard InChI is InChI=1S/2C14H23F3O4/c2*1-5-6-9(11(18)19)10(7-8-14(15,16)17)12(20)21-13(2,3)4/h2*9-10H,5-8H2,1-4H3,(H,18,19)/t9-,10+;9-,10-/m11/s1. The van der Waals surface area contributed by atoms with Gasteiger partial charge >= 0.3 is 36.2 Å². The number of carbonyl (C=O) groups is 4. The quantitative estimate of drug-likeness (QED) is 0.150. The van der Waals surface area contributed by atoms with E-state index in [1.807, 2.05) is 0 Å². The van der Waals surface area contributed by atoms with Crippen LogP contribution in [0.15, 0.2) is 0 Å². The number of hydrogen-bond donors (Lipinski definition) is 2. The van der Waals surface area contributed by atoms with Gasteiger partial charge in [-0.2, -0.15) is 26.3 Å². The van der Waals surface area contributed by atoms with Crippen LogP contribution < -0.4 is 0 Å². The normalized spacial score (nSPS) is 15.4. The van der Waals surface area contributed by atoms with E-state index in [1.54, 1.807) is 55.4 Å². The van der Waals surface area contributed by atoms with Crippen LogP contribution in [-0.2, 0) is 28.7 Å². The van der Waals surface area contributed by atoms with Gasteiger partial charge in [-0.05, 0) is 67.2 Å². The zero-order valence-electron chi connectivity index (χ0n) is 25.6. The molecular formula is C28H46F6O8. The van der Waals surface area contributed by atoms with Crippen LogP contribution in [0.25, 0.3) is 0 Å². The molecule has 0 saturated carbocycles. The van der Waals surface area contributed by atoms with Crippen LogP contribution in [0.3, 0.4) is 0 Å². The summed E-state index contributed by atoms with van der Waals surface area (Å²) in [5, 5.41) is 18.3. The maximum absolute atomic E-state index is 12.4. The van der Waals surface area contributed by atoms with Crippen LogP contribution in [-0.4, -0.2) is 57.6 Å². The monoisotopic (exact) mass is 624 g/mol. The lowest BCUT2D eigenvalue weighted by atomic mass is 9.85. The second kappa shape index (κ2) is 17.5. The smallest absolute Gasteiger partial charge is 0.389 e. The van der Waals surface area contributed by atoms with Crippen LogP contribution >= 0.6 is 0 Å². The lowest BCUT2D eigenvalue weighted by Crippen LogP contribution is -2.36. The van der Waals surface area contributed by atoms with Gasteiger partial charge in [0, 0.05) is 12.8 Å². The molecule has 4 atom stereocenters. The van der Waals surface area contributed by atoms with E-state index in [-0.39, 0.29) is 12.8 Å². The van der Waals surface area contributed by atoms with Gasteiger partial charge in [-0.15, -0.1) is 0 Å². The van der Waals surface area contributed by atoms with Crippen molar-refractivity contribution in [2.24, 2.45) is 23.7 Å². The largest absolute Gasteiger partial charge is 0.481 e. The van der Waals surface area contributed by atoms with Gasteiger partial charge < -0.3 is 19.7 Å². The Bertz CT molecular complexity index is 786. The van der Waals surface area contributed by atoms with Crippen LogP contribution in [0.5, 0.6) is 0 Å². The molecule has 0 aromatic rings. The minimum absolute atomic E-state index is 0.136. The Kier molecular flexibility index (Phi) is 17.4. The van der Waals surface area contributed by atoms with Crippen molar-refractivity contribution in [3.05, 3.63) is 0 Å². The van der Waals surface area contributed by atoms with Crippen LogP contribution in [0.1, 0.15) is 107 Å². The molecule has 8 nitrogen and oxygen atoms in total. The van der Waals surface area contributed by atoms with Gasteiger partial charge in [0.1, 0.15) is 11.2 Å². The summed E-state index contributed by atoms with van der Waals surface area (Å²) in [6.45, 7) is 12.9. The molecule has 0 aromatic heterocycles. The minimum atomic E-state index is -4.43. The Balaban J connectivity index is 0. The van der Waals surface area contributed by atoms with Crippen molar-refractivity contribution in [2.45, 2.75) is 130 Å². The number of carboxylic acid groups (broad SMARTS) is 2. The highest BCUT2D eigenvalue weighted by Crippen LogP contribution is 2.32. The number of rotatable bonds is 14. The Morgan fingerprint density at radius 1 is 0.548 bits per heavy atom. The van der Waals surface area contributed by atoms with E-state index in [9.17, 15) is 45.5 Å². The fourth-order valence-corrected chi connectivity index (χ4v) is 3.98. The highest BCUT2D eigenvalue weighted by molar-refractivity contribution is 5.82. The lowest BCUT2D eigenvalue weighted by molar-refractivity contribution is -0.171. The van der Waals surface area contributed by atoms with Crippen molar-refractivity contribution in [1.29, 1.82) is 0 Å². The van der Waals surface area contributed by atoms with E-state index in [0.29, 0.717) is 12.8 Å². The van der Waals surface area contributed by atoms with Crippen molar-refractivity contribution >= 4 is 23.9 Å². The summed E-state index contributed by atoms with van der Waals surface area (Å²) in [5.74, 6) is -9.20.